The molecule has 6 atom stereocenters. The summed E-state index contributed by atoms with van der Waals surface area (Å²) in [5.41, 5.74) is 0.703. The number of hydrogen-bond donors (Lipinski definition) is 1. The normalized spacial score (nSPS) is 30.3. The van der Waals surface area contributed by atoms with Crippen molar-refractivity contribution in [3.05, 3.63) is 65.7 Å². The van der Waals surface area contributed by atoms with Gasteiger partial charge in [0, 0.05) is 5.56 Å². The molecule has 8 heteroatoms. The number of aliphatic hydroxyl groups is 1. The van der Waals surface area contributed by atoms with Gasteiger partial charge in [0.15, 0.2) is 12.4 Å². The zero-order valence-corrected chi connectivity index (χ0v) is 18.2. The molecular weight excluding hydrogens is 420 g/mol. The summed E-state index contributed by atoms with van der Waals surface area (Å²) in [7, 11) is 1.60. The standard InChI is InChI=1S/C23H26O7S/c1-3-31-23-20(29-21(25)14-7-5-4-6-8-14)18(24)19-17(28-23)13-27-22(30-19)15-9-11-16(26-2)12-10-15/h4-12,17-20,22-24H,3,13H2,1-2H3/t17-,18+,19-,20-,22?,23+/m1/s1. The Labute approximate surface area is 185 Å². The van der Waals surface area contributed by atoms with Crippen molar-refractivity contribution >= 4 is 17.7 Å². The van der Waals surface area contributed by atoms with Crippen LogP contribution in [0.25, 0.3) is 0 Å². The van der Waals surface area contributed by atoms with E-state index < -0.39 is 42.1 Å². The van der Waals surface area contributed by atoms with E-state index in [0.717, 1.165) is 17.1 Å². The van der Waals surface area contributed by atoms with E-state index in [1.165, 1.54) is 11.8 Å². The number of aliphatic hydroxyl groups excluding tert-OH is 1. The fourth-order valence-corrected chi connectivity index (χ4v) is 4.64. The van der Waals surface area contributed by atoms with Crippen LogP contribution in [0.3, 0.4) is 0 Å². The third-order valence-electron chi connectivity index (χ3n) is 5.28. The van der Waals surface area contributed by atoms with Gasteiger partial charge in [0.1, 0.15) is 29.5 Å². The Bertz CT molecular complexity index is 860. The maximum absolute atomic E-state index is 12.6. The van der Waals surface area contributed by atoms with Crippen molar-refractivity contribution in [3.63, 3.8) is 0 Å². The highest BCUT2D eigenvalue weighted by Crippen LogP contribution is 2.38. The van der Waals surface area contributed by atoms with Crippen LogP contribution in [-0.2, 0) is 18.9 Å². The number of esters is 1. The highest BCUT2D eigenvalue weighted by Gasteiger charge is 2.51. The number of thioether (sulfide) groups is 1. The molecule has 2 saturated heterocycles. The van der Waals surface area contributed by atoms with E-state index in [2.05, 4.69) is 0 Å². The molecule has 0 aliphatic carbocycles. The van der Waals surface area contributed by atoms with Gasteiger partial charge in [-0.05, 0) is 30.0 Å². The van der Waals surface area contributed by atoms with Gasteiger partial charge < -0.3 is 28.8 Å². The third kappa shape index (κ3) is 4.88. The van der Waals surface area contributed by atoms with Gasteiger partial charge in [0.25, 0.3) is 0 Å². The predicted octanol–water partition coefficient (Wildman–Crippen LogP) is 3.17. The zero-order chi connectivity index (χ0) is 21.8. The van der Waals surface area contributed by atoms with E-state index in [-0.39, 0.29) is 6.61 Å². The van der Waals surface area contributed by atoms with Crippen LogP contribution in [0, 0.1) is 0 Å². The monoisotopic (exact) mass is 446 g/mol. The van der Waals surface area contributed by atoms with Gasteiger partial charge in [-0.3, -0.25) is 0 Å². The summed E-state index contributed by atoms with van der Waals surface area (Å²) >= 11 is 1.47. The largest absolute Gasteiger partial charge is 0.497 e. The molecule has 2 heterocycles. The molecule has 1 unspecified atom stereocenters. The van der Waals surface area contributed by atoms with Crippen molar-refractivity contribution in [1.82, 2.24) is 0 Å². The molecule has 2 fully saturated rings. The molecule has 0 spiro atoms. The summed E-state index contributed by atoms with van der Waals surface area (Å²) < 4.78 is 28.9. The molecule has 4 rings (SSSR count). The summed E-state index contributed by atoms with van der Waals surface area (Å²) in [6.07, 6.45) is -3.73. The number of fused-ring (bicyclic) bond motifs is 1. The predicted molar refractivity (Wildman–Crippen MR) is 115 cm³/mol. The van der Waals surface area contributed by atoms with Gasteiger partial charge in [0.2, 0.25) is 0 Å². The number of carbonyl (C=O) groups excluding carboxylic acids is 1. The molecule has 31 heavy (non-hydrogen) atoms. The molecule has 2 aromatic carbocycles. The molecule has 166 valence electrons. The topological polar surface area (TPSA) is 83.5 Å². The molecule has 0 radical (unpaired) electrons. The molecule has 2 aliphatic heterocycles. The summed E-state index contributed by atoms with van der Waals surface area (Å²) in [6.45, 7) is 2.24. The Hall–Kier alpha value is -2.10. The lowest BCUT2D eigenvalue weighted by Gasteiger charge is -2.47. The van der Waals surface area contributed by atoms with E-state index >= 15 is 0 Å². The number of hydrogen-bond acceptors (Lipinski definition) is 8. The van der Waals surface area contributed by atoms with Crippen molar-refractivity contribution in [2.24, 2.45) is 0 Å². The van der Waals surface area contributed by atoms with Crippen LogP contribution in [0.1, 0.15) is 29.1 Å². The highest BCUT2D eigenvalue weighted by atomic mass is 32.2. The fourth-order valence-electron chi connectivity index (χ4n) is 3.69. The van der Waals surface area contributed by atoms with Crippen LogP contribution >= 0.6 is 11.8 Å². The zero-order valence-electron chi connectivity index (χ0n) is 17.4. The second kappa shape index (κ2) is 10.0. The summed E-state index contributed by atoms with van der Waals surface area (Å²) in [6, 6.07) is 16.0. The Morgan fingerprint density at radius 1 is 1.13 bits per heavy atom. The first-order valence-corrected chi connectivity index (χ1v) is 11.3. The third-order valence-corrected chi connectivity index (χ3v) is 6.32. The van der Waals surface area contributed by atoms with Crippen LogP contribution in [-0.4, -0.2) is 60.4 Å². The quantitative estimate of drug-likeness (QED) is 0.678. The molecular formula is C23H26O7S. The lowest BCUT2D eigenvalue weighted by Crippen LogP contribution is -2.62. The van der Waals surface area contributed by atoms with Gasteiger partial charge in [-0.2, -0.15) is 0 Å². The summed E-state index contributed by atoms with van der Waals surface area (Å²) in [5.74, 6) is 0.961. The van der Waals surface area contributed by atoms with Crippen molar-refractivity contribution in [1.29, 1.82) is 0 Å². The van der Waals surface area contributed by atoms with Crippen molar-refractivity contribution in [2.45, 2.75) is 43.1 Å². The molecule has 2 aliphatic rings. The first-order chi connectivity index (χ1) is 15.1. The van der Waals surface area contributed by atoms with Crippen LogP contribution in [0.5, 0.6) is 5.75 Å². The molecule has 2 aromatic rings. The average Bonchev–Trinajstić information content (AvgIpc) is 2.82. The van der Waals surface area contributed by atoms with Crippen molar-refractivity contribution in [2.75, 3.05) is 19.5 Å². The fraction of sp³-hybridized carbons (Fsp3) is 0.435. The Morgan fingerprint density at radius 3 is 2.55 bits per heavy atom. The molecule has 0 bridgehead atoms. The molecule has 0 amide bonds. The number of ether oxygens (including phenoxy) is 5. The van der Waals surface area contributed by atoms with Crippen LogP contribution < -0.4 is 4.74 Å². The molecule has 1 N–H and O–H groups in total. The Balaban J connectivity index is 1.50. The molecule has 0 aromatic heterocycles. The van der Waals surface area contributed by atoms with Gasteiger partial charge in [0.05, 0.1) is 19.3 Å². The Kier molecular flexibility index (Phi) is 7.14. The van der Waals surface area contributed by atoms with E-state index in [1.807, 2.05) is 37.3 Å². The number of rotatable bonds is 6. The maximum Gasteiger partial charge on any atom is 0.338 e. The minimum absolute atomic E-state index is 0.262. The van der Waals surface area contributed by atoms with Gasteiger partial charge in [-0.25, -0.2) is 4.79 Å². The maximum atomic E-state index is 12.6. The van der Waals surface area contributed by atoms with E-state index in [0.29, 0.717) is 5.56 Å². The van der Waals surface area contributed by atoms with Gasteiger partial charge in [-0.15, -0.1) is 11.8 Å². The lowest BCUT2D eigenvalue weighted by molar-refractivity contribution is -0.317. The van der Waals surface area contributed by atoms with E-state index in [1.54, 1.807) is 31.4 Å². The number of benzene rings is 2. The van der Waals surface area contributed by atoms with Crippen LogP contribution in [0.15, 0.2) is 54.6 Å². The van der Waals surface area contributed by atoms with Crippen molar-refractivity contribution < 1.29 is 33.6 Å². The average molecular weight is 447 g/mol. The second-order valence-corrected chi connectivity index (χ2v) is 8.64. The minimum Gasteiger partial charge on any atom is -0.497 e. The first kappa shape index (κ1) is 22.1. The van der Waals surface area contributed by atoms with E-state index in [9.17, 15) is 9.90 Å². The SMILES string of the molecule is CCS[C@@H]1O[C@@H]2COC(c3ccc(OC)cc3)O[C@H]2[C@H](O)[C@H]1OC(=O)c1ccccc1. The Morgan fingerprint density at radius 2 is 1.87 bits per heavy atom. The van der Waals surface area contributed by atoms with Crippen LogP contribution in [0.2, 0.25) is 0 Å². The second-order valence-electron chi connectivity index (χ2n) is 7.26. The lowest BCUT2D eigenvalue weighted by atomic mass is 9.98. The van der Waals surface area contributed by atoms with Gasteiger partial charge >= 0.3 is 5.97 Å². The number of methoxy groups -OCH3 is 1. The summed E-state index contributed by atoms with van der Waals surface area (Å²) in [5, 5.41) is 11.1. The van der Waals surface area contributed by atoms with Crippen LogP contribution in [0.4, 0.5) is 0 Å². The highest BCUT2D eigenvalue weighted by molar-refractivity contribution is 7.99. The van der Waals surface area contributed by atoms with Crippen molar-refractivity contribution in [3.8, 4) is 5.75 Å². The smallest absolute Gasteiger partial charge is 0.338 e. The number of carbonyl (C=O) groups is 1. The molecule has 0 saturated carbocycles. The van der Waals surface area contributed by atoms with Gasteiger partial charge in [-0.1, -0.05) is 37.3 Å². The first-order valence-electron chi connectivity index (χ1n) is 10.2. The van der Waals surface area contributed by atoms with E-state index in [4.69, 9.17) is 23.7 Å². The minimum atomic E-state index is -1.06. The summed E-state index contributed by atoms with van der Waals surface area (Å²) in [4.78, 5) is 12.6. The molecule has 7 nitrogen and oxygen atoms in total.